The van der Waals surface area contributed by atoms with Gasteiger partial charge in [0, 0.05) is 38.7 Å². The van der Waals surface area contributed by atoms with E-state index in [1.54, 1.807) is 4.90 Å². The van der Waals surface area contributed by atoms with Crippen molar-refractivity contribution in [3.05, 3.63) is 52.1 Å². The number of benzene rings is 1. The number of nitrogens with zero attached hydrogens (tertiary/aromatic N) is 2. The van der Waals surface area contributed by atoms with E-state index in [2.05, 4.69) is 20.8 Å². The fourth-order valence-corrected chi connectivity index (χ4v) is 4.53. The average molecular weight is 453 g/mol. The number of carbonyl (C=O) groups is 2. The standard InChI is InChI=1S/C21H23F4N5O2/c1-26-19(31)15-9-13-16(10-27-15)28-29-18(13)20(32)30-7-5-11(6-8-30)12-3-2-4-14(22)17(12)21(23,24)25/h2-4,11,15,27H,5-10H2,1H3,(H,26,31)(H,28,29). The molecule has 1 fully saturated rings. The van der Waals surface area contributed by atoms with E-state index in [0.717, 1.165) is 11.8 Å². The van der Waals surface area contributed by atoms with Crippen LogP contribution in [0.1, 0.15) is 51.6 Å². The molecule has 3 heterocycles. The second-order valence-electron chi connectivity index (χ2n) is 8.05. The van der Waals surface area contributed by atoms with E-state index in [1.165, 1.54) is 19.2 Å². The Balaban J connectivity index is 1.48. The first-order valence-corrected chi connectivity index (χ1v) is 10.4. The van der Waals surface area contributed by atoms with Gasteiger partial charge in [0.2, 0.25) is 5.91 Å². The van der Waals surface area contributed by atoms with Gasteiger partial charge in [0.05, 0.1) is 17.3 Å². The number of alkyl halides is 3. The fourth-order valence-electron chi connectivity index (χ4n) is 4.53. The van der Waals surface area contributed by atoms with Crippen molar-refractivity contribution in [3.63, 3.8) is 0 Å². The van der Waals surface area contributed by atoms with Crippen LogP contribution in [-0.4, -0.2) is 53.1 Å². The smallest absolute Gasteiger partial charge is 0.358 e. The summed E-state index contributed by atoms with van der Waals surface area (Å²) in [6.45, 7) is 0.835. The van der Waals surface area contributed by atoms with Gasteiger partial charge in [-0.05, 0) is 30.4 Å². The molecular formula is C21H23F4N5O2. The Morgan fingerprint density at radius 1 is 1.22 bits per heavy atom. The van der Waals surface area contributed by atoms with Gasteiger partial charge in [-0.25, -0.2) is 4.39 Å². The van der Waals surface area contributed by atoms with Crippen LogP contribution >= 0.6 is 0 Å². The van der Waals surface area contributed by atoms with E-state index in [4.69, 9.17) is 0 Å². The van der Waals surface area contributed by atoms with Gasteiger partial charge in [-0.15, -0.1) is 0 Å². The summed E-state index contributed by atoms with van der Waals surface area (Å²) >= 11 is 0. The van der Waals surface area contributed by atoms with Crippen molar-refractivity contribution in [2.24, 2.45) is 0 Å². The first kappa shape index (κ1) is 22.3. The van der Waals surface area contributed by atoms with Crippen LogP contribution in [0.5, 0.6) is 0 Å². The zero-order chi connectivity index (χ0) is 23.0. The van der Waals surface area contributed by atoms with Crippen LogP contribution < -0.4 is 10.6 Å². The minimum Gasteiger partial charge on any atom is -0.358 e. The maximum atomic E-state index is 13.9. The van der Waals surface area contributed by atoms with Gasteiger partial charge in [-0.1, -0.05) is 12.1 Å². The van der Waals surface area contributed by atoms with Crippen molar-refractivity contribution in [3.8, 4) is 0 Å². The molecule has 2 amide bonds. The predicted octanol–water partition coefficient (Wildman–Crippen LogP) is 2.35. The summed E-state index contributed by atoms with van der Waals surface area (Å²) < 4.78 is 54.1. The van der Waals surface area contributed by atoms with Gasteiger partial charge in [0.15, 0.2) is 5.69 Å². The van der Waals surface area contributed by atoms with Crippen molar-refractivity contribution < 1.29 is 27.2 Å². The van der Waals surface area contributed by atoms with E-state index in [9.17, 15) is 27.2 Å². The highest BCUT2D eigenvalue weighted by molar-refractivity contribution is 5.94. The monoisotopic (exact) mass is 453 g/mol. The molecule has 2 aromatic rings. The third-order valence-corrected chi connectivity index (χ3v) is 6.20. The quantitative estimate of drug-likeness (QED) is 0.623. The van der Waals surface area contributed by atoms with Crippen LogP contribution in [0.3, 0.4) is 0 Å². The Kier molecular flexibility index (Phi) is 5.93. The molecule has 11 heteroatoms. The molecule has 0 aliphatic carbocycles. The lowest BCUT2D eigenvalue weighted by atomic mass is 9.86. The molecule has 2 aliphatic rings. The minimum atomic E-state index is -4.78. The number of halogens is 4. The number of aromatic amines is 1. The summed E-state index contributed by atoms with van der Waals surface area (Å²) in [7, 11) is 1.54. The molecule has 0 radical (unpaired) electrons. The predicted molar refractivity (Wildman–Crippen MR) is 106 cm³/mol. The molecule has 1 unspecified atom stereocenters. The zero-order valence-corrected chi connectivity index (χ0v) is 17.4. The lowest BCUT2D eigenvalue weighted by Crippen LogP contribution is -2.47. The van der Waals surface area contributed by atoms with E-state index < -0.39 is 29.5 Å². The molecule has 32 heavy (non-hydrogen) atoms. The average Bonchev–Trinajstić information content (AvgIpc) is 3.20. The van der Waals surface area contributed by atoms with Crippen LogP contribution in [0.4, 0.5) is 17.6 Å². The van der Waals surface area contributed by atoms with Gasteiger partial charge in [-0.2, -0.15) is 18.3 Å². The summed E-state index contributed by atoms with van der Waals surface area (Å²) in [6, 6.07) is 2.93. The number of hydrogen-bond acceptors (Lipinski definition) is 4. The fraction of sp³-hybridized carbons (Fsp3) is 0.476. The number of H-pyrrole nitrogens is 1. The summed E-state index contributed by atoms with van der Waals surface area (Å²) in [5.41, 5.74) is 0.350. The molecule has 1 atom stereocenters. The zero-order valence-electron chi connectivity index (χ0n) is 17.4. The number of aromatic nitrogens is 2. The number of fused-ring (bicyclic) bond motifs is 1. The first-order valence-electron chi connectivity index (χ1n) is 10.4. The maximum Gasteiger partial charge on any atom is 0.419 e. The Morgan fingerprint density at radius 3 is 2.59 bits per heavy atom. The first-order chi connectivity index (χ1) is 15.2. The Bertz CT molecular complexity index is 1030. The summed E-state index contributed by atoms with van der Waals surface area (Å²) in [5.74, 6) is -2.29. The van der Waals surface area contributed by atoms with Crippen LogP contribution in [-0.2, 0) is 23.9 Å². The summed E-state index contributed by atoms with van der Waals surface area (Å²) in [6.07, 6.45) is -3.90. The second kappa shape index (κ2) is 8.53. The molecule has 1 saturated heterocycles. The minimum absolute atomic E-state index is 0.0683. The normalized spacial score (nSPS) is 19.5. The van der Waals surface area contributed by atoms with Crippen molar-refractivity contribution in [1.82, 2.24) is 25.7 Å². The van der Waals surface area contributed by atoms with Gasteiger partial charge in [-0.3, -0.25) is 20.0 Å². The molecule has 0 saturated carbocycles. The van der Waals surface area contributed by atoms with Gasteiger partial charge in [0.25, 0.3) is 5.91 Å². The number of rotatable bonds is 3. The van der Waals surface area contributed by atoms with E-state index in [1.807, 2.05) is 0 Å². The van der Waals surface area contributed by atoms with Gasteiger partial charge >= 0.3 is 6.18 Å². The highest BCUT2D eigenvalue weighted by atomic mass is 19.4. The Hall–Kier alpha value is -2.95. The number of likely N-dealkylation sites (tertiary alicyclic amines) is 1. The van der Waals surface area contributed by atoms with Gasteiger partial charge < -0.3 is 10.2 Å². The summed E-state index contributed by atoms with van der Waals surface area (Å²) in [4.78, 5) is 26.6. The number of hydrogen-bond donors (Lipinski definition) is 3. The maximum absolute atomic E-state index is 13.9. The molecule has 7 nitrogen and oxygen atoms in total. The highest BCUT2D eigenvalue weighted by Crippen LogP contribution is 2.40. The van der Waals surface area contributed by atoms with E-state index in [-0.39, 0.29) is 49.0 Å². The van der Waals surface area contributed by atoms with Crippen LogP contribution in [0.15, 0.2) is 18.2 Å². The van der Waals surface area contributed by atoms with Crippen molar-refractivity contribution in [1.29, 1.82) is 0 Å². The molecule has 1 aromatic heterocycles. The number of carbonyl (C=O) groups excluding carboxylic acids is 2. The second-order valence-corrected chi connectivity index (χ2v) is 8.05. The number of likely N-dealkylation sites (N-methyl/N-ethyl adjacent to an activating group) is 1. The molecular weight excluding hydrogens is 430 g/mol. The number of nitrogens with one attached hydrogen (secondary N) is 3. The largest absolute Gasteiger partial charge is 0.419 e. The molecule has 3 N–H and O–H groups in total. The van der Waals surface area contributed by atoms with Gasteiger partial charge in [0.1, 0.15) is 5.82 Å². The van der Waals surface area contributed by atoms with Crippen LogP contribution in [0.25, 0.3) is 0 Å². The molecule has 0 spiro atoms. The van der Waals surface area contributed by atoms with E-state index >= 15 is 0 Å². The molecule has 0 bridgehead atoms. The third kappa shape index (κ3) is 4.08. The van der Waals surface area contributed by atoms with Crippen molar-refractivity contribution >= 4 is 11.8 Å². The molecule has 172 valence electrons. The van der Waals surface area contributed by atoms with Crippen molar-refractivity contribution in [2.75, 3.05) is 20.1 Å². The lowest BCUT2D eigenvalue weighted by molar-refractivity contribution is -0.141. The van der Waals surface area contributed by atoms with Crippen LogP contribution in [0, 0.1) is 5.82 Å². The Labute approximate surface area is 181 Å². The molecule has 1 aromatic carbocycles. The SMILES string of the molecule is CNC(=O)C1Cc2c(C(=O)N3CCC(c4cccc(F)c4C(F)(F)F)CC3)n[nH]c2CN1. The van der Waals surface area contributed by atoms with Crippen LogP contribution in [0.2, 0.25) is 0 Å². The summed E-state index contributed by atoms with van der Waals surface area (Å²) in [5, 5.41) is 12.6. The Morgan fingerprint density at radius 2 is 1.94 bits per heavy atom. The topological polar surface area (TPSA) is 90.1 Å². The molecule has 4 rings (SSSR count). The highest BCUT2D eigenvalue weighted by Gasteiger charge is 2.39. The van der Waals surface area contributed by atoms with Crippen molar-refractivity contribution in [2.45, 2.75) is 43.9 Å². The number of amides is 2. The number of piperidine rings is 1. The lowest BCUT2D eigenvalue weighted by Gasteiger charge is -2.33. The molecule has 2 aliphatic heterocycles. The van der Waals surface area contributed by atoms with E-state index in [0.29, 0.717) is 18.5 Å². The third-order valence-electron chi connectivity index (χ3n) is 6.20.